The number of benzene rings is 1. The predicted molar refractivity (Wildman–Crippen MR) is 63.4 cm³/mol. The lowest BCUT2D eigenvalue weighted by molar-refractivity contribution is 0.118. The maximum atomic E-state index is 11.3. The fourth-order valence-electron chi connectivity index (χ4n) is 1.61. The summed E-state index contributed by atoms with van der Waals surface area (Å²) < 4.78 is 5.02. The Morgan fingerprint density at radius 1 is 1.41 bits per heavy atom. The number of carbonyl (C=O) groups is 1. The third-order valence-electron chi connectivity index (χ3n) is 2.83. The minimum atomic E-state index is -0.478. The fraction of sp³-hybridized carbons (Fsp3) is 0.462. The number of alkyl carbamates (subject to hydrolysis) is 1. The van der Waals surface area contributed by atoms with Gasteiger partial charge in [-0.2, -0.15) is 0 Å². The van der Waals surface area contributed by atoms with E-state index in [0.29, 0.717) is 5.92 Å². The van der Waals surface area contributed by atoms with E-state index in [2.05, 4.69) is 5.32 Å². The molecule has 4 nitrogen and oxygen atoms in total. The Kier molecular flexibility index (Phi) is 3.98. The van der Waals surface area contributed by atoms with Crippen LogP contribution in [0.5, 0.6) is 0 Å². The van der Waals surface area contributed by atoms with Crippen LogP contribution in [0.1, 0.15) is 18.4 Å². The highest BCUT2D eigenvalue weighted by molar-refractivity contribution is 5.67. The molecule has 1 aromatic carbocycles. The Morgan fingerprint density at radius 3 is 2.76 bits per heavy atom. The van der Waals surface area contributed by atoms with Gasteiger partial charge in [-0.15, -0.1) is 0 Å². The van der Waals surface area contributed by atoms with Crippen LogP contribution in [0.3, 0.4) is 0 Å². The summed E-state index contributed by atoms with van der Waals surface area (Å²) in [6.45, 7) is 0.532. The van der Waals surface area contributed by atoms with Crippen LogP contribution in [0, 0.1) is 5.92 Å². The van der Waals surface area contributed by atoms with E-state index in [-0.39, 0.29) is 13.2 Å². The molecule has 0 aromatic heterocycles. The average molecular weight is 235 g/mol. The topological polar surface area (TPSA) is 58.6 Å². The van der Waals surface area contributed by atoms with Gasteiger partial charge in [0.25, 0.3) is 0 Å². The SMILES string of the molecule is O=C(NCC(O)C1CC1)OCc1ccccc1. The summed E-state index contributed by atoms with van der Waals surface area (Å²) in [5.74, 6) is 0.365. The molecule has 1 unspecified atom stereocenters. The van der Waals surface area contributed by atoms with Crippen LogP contribution in [0.4, 0.5) is 4.79 Å². The molecule has 1 atom stereocenters. The second-order valence-electron chi connectivity index (χ2n) is 4.35. The van der Waals surface area contributed by atoms with Crippen LogP contribution in [0.15, 0.2) is 30.3 Å². The van der Waals surface area contributed by atoms with Crippen LogP contribution in [0.2, 0.25) is 0 Å². The number of amides is 1. The molecule has 0 bridgehead atoms. The van der Waals surface area contributed by atoms with E-state index in [0.717, 1.165) is 18.4 Å². The number of aliphatic hydroxyl groups excluding tert-OH is 1. The van der Waals surface area contributed by atoms with E-state index in [4.69, 9.17) is 4.74 Å². The van der Waals surface area contributed by atoms with E-state index in [1.807, 2.05) is 30.3 Å². The van der Waals surface area contributed by atoms with Crippen LogP contribution in [0.25, 0.3) is 0 Å². The van der Waals surface area contributed by atoms with E-state index in [1.54, 1.807) is 0 Å². The first-order valence-electron chi connectivity index (χ1n) is 5.88. The van der Waals surface area contributed by atoms with E-state index < -0.39 is 12.2 Å². The molecular formula is C13H17NO3. The zero-order chi connectivity index (χ0) is 12.1. The van der Waals surface area contributed by atoms with Crippen LogP contribution >= 0.6 is 0 Å². The van der Waals surface area contributed by atoms with Crippen molar-refractivity contribution in [2.24, 2.45) is 5.92 Å². The average Bonchev–Trinajstić information content (AvgIpc) is 3.19. The molecule has 1 aliphatic carbocycles. The van der Waals surface area contributed by atoms with Crippen molar-refractivity contribution in [1.82, 2.24) is 5.32 Å². The van der Waals surface area contributed by atoms with Crippen molar-refractivity contribution in [2.45, 2.75) is 25.6 Å². The van der Waals surface area contributed by atoms with Gasteiger partial charge in [0.2, 0.25) is 0 Å². The minimum absolute atomic E-state index is 0.256. The molecule has 92 valence electrons. The first-order chi connectivity index (χ1) is 8.25. The Morgan fingerprint density at radius 2 is 2.12 bits per heavy atom. The van der Waals surface area contributed by atoms with E-state index in [9.17, 15) is 9.90 Å². The molecule has 1 aliphatic rings. The molecule has 1 aromatic rings. The Labute approximate surface area is 101 Å². The molecule has 1 amide bonds. The number of hydrogen-bond acceptors (Lipinski definition) is 3. The van der Waals surface area contributed by atoms with Crippen molar-refractivity contribution < 1.29 is 14.6 Å². The summed E-state index contributed by atoms with van der Waals surface area (Å²) >= 11 is 0. The third kappa shape index (κ3) is 4.07. The lowest BCUT2D eigenvalue weighted by atomic mass is 10.2. The summed E-state index contributed by atoms with van der Waals surface area (Å²) in [5, 5.41) is 12.1. The monoisotopic (exact) mass is 235 g/mol. The summed E-state index contributed by atoms with van der Waals surface area (Å²) in [6, 6.07) is 9.50. The van der Waals surface area contributed by atoms with Gasteiger partial charge in [-0.1, -0.05) is 30.3 Å². The quantitative estimate of drug-likeness (QED) is 0.816. The van der Waals surface area contributed by atoms with Gasteiger partial charge < -0.3 is 15.2 Å². The van der Waals surface area contributed by atoms with Crippen molar-refractivity contribution in [3.05, 3.63) is 35.9 Å². The molecule has 0 spiro atoms. The molecule has 0 radical (unpaired) electrons. The molecule has 2 rings (SSSR count). The molecular weight excluding hydrogens is 218 g/mol. The normalized spacial score (nSPS) is 16.3. The van der Waals surface area contributed by atoms with Crippen LogP contribution < -0.4 is 5.32 Å². The van der Waals surface area contributed by atoms with Crippen molar-refractivity contribution in [2.75, 3.05) is 6.54 Å². The standard InChI is InChI=1S/C13H17NO3/c15-12(11-6-7-11)8-14-13(16)17-9-10-4-2-1-3-5-10/h1-5,11-12,15H,6-9H2,(H,14,16). The van der Waals surface area contributed by atoms with Crippen molar-refractivity contribution in [3.63, 3.8) is 0 Å². The highest BCUT2D eigenvalue weighted by atomic mass is 16.5. The number of hydrogen-bond donors (Lipinski definition) is 2. The summed E-state index contributed by atoms with van der Waals surface area (Å²) in [7, 11) is 0. The smallest absolute Gasteiger partial charge is 0.407 e. The number of ether oxygens (including phenoxy) is 1. The first-order valence-corrected chi connectivity index (χ1v) is 5.88. The lowest BCUT2D eigenvalue weighted by Crippen LogP contribution is -2.33. The Hall–Kier alpha value is -1.55. The fourth-order valence-corrected chi connectivity index (χ4v) is 1.61. The maximum Gasteiger partial charge on any atom is 0.407 e. The number of nitrogens with one attached hydrogen (secondary N) is 1. The maximum absolute atomic E-state index is 11.3. The molecule has 1 fully saturated rings. The predicted octanol–water partition coefficient (Wildman–Crippen LogP) is 1.68. The summed E-state index contributed by atoms with van der Waals surface area (Å²) in [4.78, 5) is 11.3. The van der Waals surface area contributed by atoms with Crippen molar-refractivity contribution in [1.29, 1.82) is 0 Å². The summed E-state index contributed by atoms with van der Waals surface area (Å²) in [6.07, 6.45) is 1.21. The van der Waals surface area contributed by atoms with Gasteiger partial charge in [0, 0.05) is 6.54 Å². The second-order valence-corrected chi connectivity index (χ2v) is 4.35. The minimum Gasteiger partial charge on any atom is -0.445 e. The zero-order valence-electron chi connectivity index (χ0n) is 9.63. The molecule has 0 saturated heterocycles. The Balaban J connectivity index is 1.63. The highest BCUT2D eigenvalue weighted by Crippen LogP contribution is 2.32. The Bertz CT molecular complexity index is 362. The van der Waals surface area contributed by atoms with Gasteiger partial charge in [0.05, 0.1) is 6.10 Å². The third-order valence-corrected chi connectivity index (χ3v) is 2.83. The van der Waals surface area contributed by atoms with Gasteiger partial charge in [-0.25, -0.2) is 4.79 Å². The largest absolute Gasteiger partial charge is 0.445 e. The molecule has 0 heterocycles. The number of aliphatic hydroxyl groups is 1. The van der Waals surface area contributed by atoms with Crippen molar-refractivity contribution in [3.8, 4) is 0 Å². The molecule has 2 N–H and O–H groups in total. The van der Waals surface area contributed by atoms with Gasteiger partial charge >= 0.3 is 6.09 Å². The highest BCUT2D eigenvalue weighted by Gasteiger charge is 2.29. The van der Waals surface area contributed by atoms with Crippen LogP contribution in [-0.4, -0.2) is 23.8 Å². The molecule has 4 heteroatoms. The first kappa shape index (κ1) is 11.9. The number of rotatable bonds is 5. The molecule has 17 heavy (non-hydrogen) atoms. The van der Waals surface area contributed by atoms with E-state index in [1.165, 1.54) is 0 Å². The summed E-state index contributed by atoms with van der Waals surface area (Å²) in [5.41, 5.74) is 0.949. The van der Waals surface area contributed by atoms with Crippen LogP contribution in [-0.2, 0) is 11.3 Å². The molecule has 1 saturated carbocycles. The van der Waals surface area contributed by atoms with Gasteiger partial charge in [-0.3, -0.25) is 0 Å². The number of carbonyl (C=O) groups excluding carboxylic acids is 1. The lowest BCUT2D eigenvalue weighted by Gasteiger charge is -2.11. The van der Waals surface area contributed by atoms with Gasteiger partial charge in [-0.05, 0) is 24.3 Å². The second kappa shape index (κ2) is 5.68. The zero-order valence-corrected chi connectivity index (χ0v) is 9.63. The molecule has 0 aliphatic heterocycles. The van der Waals surface area contributed by atoms with Gasteiger partial charge in [0.1, 0.15) is 6.61 Å². The van der Waals surface area contributed by atoms with Gasteiger partial charge in [0.15, 0.2) is 0 Å². The van der Waals surface area contributed by atoms with Crippen molar-refractivity contribution >= 4 is 6.09 Å². The van der Waals surface area contributed by atoms with E-state index >= 15 is 0 Å².